The normalized spacial score (nSPS) is 18.8. The van der Waals surface area contributed by atoms with Crippen LogP contribution in [0.2, 0.25) is 0 Å². The molecular weight excluding hydrogens is 152 g/mol. The molecule has 0 unspecified atom stereocenters. The van der Waals surface area contributed by atoms with Crippen molar-refractivity contribution in [1.29, 1.82) is 0 Å². The van der Waals surface area contributed by atoms with Crippen molar-refractivity contribution in [2.75, 3.05) is 13.1 Å². The first-order valence-electron chi connectivity index (χ1n) is 4.68. The Morgan fingerprint density at radius 1 is 1.50 bits per heavy atom. The summed E-state index contributed by atoms with van der Waals surface area (Å²) in [6.07, 6.45) is 3.34. The van der Waals surface area contributed by atoms with Gasteiger partial charge in [-0.05, 0) is 32.7 Å². The summed E-state index contributed by atoms with van der Waals surface area (Å²) in [4.78, 5) is 11.2. The molecule has 1 rings (SSSR count). The Hall–Kier alpha value is -0.570. The molecular formula is C9H18N2O. The summed E-state index contributed by atoms with van der Waals surface area (Å²) in [6, 6.07) is 0. The van der Waals surface area contributed by atoms with Gasteiger partial charge in [-0.25, -0.2) is 0 Å². The van der Waals surface area contributed by atoms with Gasteiger partial charge in [0, 0.05) is 5.54 Å². The Labute approximate surface area is 73.9 Å². The van der Waals surface area contributed by atoms with Crippen LogP contribution in [-0.4, -0.2) is 24.5 Å². The molecule has 0 aromatic rings. The molecule has 70 valence electrons. The average molecular weight is 170 g/mol. The van der Waals surface area contributed by atoms with Gasteiger partial charge in [0.25, 0.3) is 0 Å². The second kappa shape index (κ2) is 3.90. The lowest BCUT2D eigenvalue weighted by atomic mass is 10.3. The predicted octanol–water partition coefficient (Wildman–Crippen LogP) is 0.655. The Morgan fingerprint density at radius 3 is 2.67 bits per heavy atom. The largest absolute Gasteiger partial charge is 0.350 e. The van der Waals surface area contributed by atoms with Crippen LogP contribution >= 0.6 is 0 Å². The molecule has 1 aliphatic rings. The molecule has 1 aliphatic carbocycles. The topological polar surface area (TPSA) is 41.1 Å². The Bertz CT molecular complexity index is 164. The first kappa shape index (κ1) is 9.52. The summed E-state index contributed by atoms with van der Waals surface area (Å²) in [6.45, 7) is 5.56. The number of hydrogen-bond acceptors (Lipinski definition) is 2. The molecule has 1 fully saturated rings. The molecule has 0 radical (unpaired) electrons. The molecule has 3 heteroatoms. The smallest absolute Gasteiger partial charge is 0.234 e. The van der Waals surface area contributed by atoms with Gasteiger partial charge >= 0.3 is 0 Å². The van der Waals surface area contributed by atoms with E-state index in [2.05, 4.69) is 24.5 Å². The molecule has 0 aromatic heterocycles. The summed E-state index contributed by atoms with van der Waals surface area (Å²) < 4.78 is 0. The van der Waals surface area contributed by atoms with E-state index in [-0.39, 0.29) is 11.4 Å². The lowest BCUT2D eigenvalue weighted by Crippen LogP contribution is -2.40. The highest BCUT2D eigenvalue weighted by Gasteiger charge is 2.38. The number of hydrogen-bond donors (Lipinski definition) is 2. The zero-order valence-corrected chi connectivity index (χ0v) is 7.94. The van der Waals surface area contributed by atoms with Crippen molar-refractivity contribution in [2.45, 2.75) is 38.6 Å². The van der Waals surface area contributed by atoms with Crippen LogP contribution < -0.4 is 10.6 Å². The van der Waals surface area contributed by atoms with E-state index in [0.29, 0.717) is 6.54 Å². The van der Waals surface area contributed by atoms with Crippen LogP contribution in [0.25, 0.3) is 0 Å². The van der Waals surface area contributed by atoms with Gasteiger partial charge in [0.2, 0.25) is 5.91 Å². The van der Waals surface area contributed by atoms with Crippen LogP contribution in [0.15, 0.2) is 0 Å². The Kier molecular flexibility index (Phi) is 3.09. The Balaban J connectivity index is 2.04. The van der Waals surface area contributed by atoms with Crippen molar-refractivity contribution in [3.05, 3.63) is 0 Å². The molecule has 2 N–H and O–H groups in total. The van der Waals surface area contributed by atoms with E-state index >= 15 is 0 Å². The molecule has 0 spiro atoms. The van der Waals surface area contributed by atoms with Crippen molar-refractivity contribution in [3.8, 4) is 0 Å². The van der Waals surface area contributed by atoms with E-state index in [0.717, 1.165) is 25.8 Å². The van der Waals surface area contributed by atoms with Crippen molar-refractivity contribution < 1.29 is 4.79 Å². The monoisotopic (exact) mass is 170 g/mol. The molecule has 12 heavy (non-hydrogen) atoms. The summed E-state index contributed by atoms with van der Waals surface area (Å²) in [5.74, 6) is 0.128. The highest BCUT2D eigenvalue weighted by molar-refractivity contribution is 5.79. The second-order valence-corrected chi connectivity index (χ2v) is 3.79. The van der Waals surface area contributed by atoms with E-state index in [4.69, 9.17) is 0 Å². The van der Waals surface area contributed by atoms with Crippen LogP contribution in [0.1, 0.15) is 33.1 Å². The third kappa shape index (κ3) is 3.22. The third-order valence-corrected chi connectivity index (χ3v) is 2.15. The van der Waals surface area contributed by atoms with E-state index in [1.54, 1.807) is 0 Å². The van der Waals surface area contributed by atoms with Crippen LogP contribution in [0.3, 0.4) is 0 Å². The van der Waals surface area contributed by atoms with Crippen LogP contribution in [0.5, 0.6) is 0 Å². The van der Waals surface area contributed by atoms with Gasteiger partial charge in [-0.15, -0.1) is 0 Å². The van der Waals surface area contributed by atoms with Gasteiger partial charge in [-0.1, -0.05) is 6.92 Å². The number of rotatable bonds is 5. The minimum Gasteiger partial charge on any atom is -0.350 e. The van der Waals surface area contributed by atoms with E-state index < -0.39 is 0 Å². The zero-order chi connectivity index (χ0) is 9.03. The molecule has 0 heterocycles. The lowest BCUT2D eigenvalue weighted by Gasteiger charge is -2.11. The van der Waals surface area contributed by atoms with Crippen molar-refractivity contribution >= 4 is 5.91 Å². The average Bonchev–Trinajstić information content (AvgIpc) is 2.68. The molecule has 3 nitrogen and oxygen atoms in total. The molecule has 0 atom stereocenters. The summed E-state index contributed by atoms with van der Waals surface area (Å²) in [7, 11) is 0. The number of amides is 1. The molecule has 0 aliphatic heterocycles. The standard InChI is InChI=1S/C9H18N2O/c1-3-6-10-7-8(12)11-9(2)4-5-9/h10H,3-7H2,1-2H3,(H,11,12). The maximum absolute atomic E-state index is 11.2. The van der Waals surface area contributed by atoms with E-state index in [9.17, 15) is 4.79 Å². The first-order chi connectivity index (χ1) is 5.66. The highest BCUT2D eigenvalue weighted by atomic mass is 16.2. The predicted molar refractivity (Wildman–Crippen MR) is 48.9 cm³/mol. The number of carbonyl (C=O) groups is 1. The van der Waals surface area contributed by atoms with Gasteiger partial charge in [0.05, 0.1) is 6.54 Å². The zero-order valence-electron chi connectivity index (χ0n) is 7.94. The molecule has 1 amide bonds. The van der Waals surface area contributed by atoms with Crippen molar-refractivity contribution in [2.24, 2.45) is 0 Å². The van der Waals surface area contributed by atoms with Crippen molar-refractivity contribution in [3.63, 3.8) is 0 Å². The summed E-state index contributed by atoms with van der Waals surface area (Å²) in [5.41, 5.74) is 0.130. The minimum atomic E-state index is 0.128. The Morgan fingerprint density at radius 2 is 2.17 bits per heavy atom. The third-order valence-electron chi connectivity index (χ3n) is 2.15. The highest BCUT2D eigenvalue weighted by Crippen LogP contribution is 2.33. The van der Waals surface area contributed by atoms with Gasteiger partial charge in [0.1, 0.15) is 0 Å². The summed E-state index contributed by atoms with van der Waals surface area (Å²) >= 11 is 0. The SMILES string of the molecule is CCCNCC(=O)NC1(C)CC1. The maximum Gasteiger partial charge on any atom is 0.234 e. The molecule has 1 saturated carbocycles. The van der Waals surface area contributed by atoms with Gasteiger partial charge < -0.3 is 10.6 Å². The molecule has 0 saturated heterocycles. The first-order valence-corrected chi connectivity index (χ1v) is 4.68. The number of nitrogens with one attached hydrogen (secondary N) is 2. The van der Waals surface area contributed by atoms with Crippen LogP contribution in [0, 0.1) is 0 Å². The quantitative estimate of drug-likeness (QED) is 0.595. The maximum atomic E-state index is 11.2. The minimum absolute atomic E-state index is 0.128. The fourth-order valence-corrected chi connectivity index (χ4v) is 1.07. The van der Waals surface area contributed by atoms with Gasteiger partial charge in [0.15, 0.2) is 0 Å². The lowest BCUT2D eigenvalue weighted by molar-refractivity contribution is -0.121. The fourth-order valence-electron chi connectivity index (χ4n) is 1.07. The second-order valence-electron chi connectivity index (χ2n) is 3.79. The van der Waals surface area contributed by atoms with E-state index in [1.165, 1.54) is 0 Å². The van der Waals surface area contributed by atoms with Gasteiger partial charge in [-0.3, -0.25) is 4.79 Å². The molecule has 0 aromatic carbocycles. The summed E-state index contributed by atoms with van der Waals surface area (Å²) in [5, 5.41) is 6.06. The number of carbonyl (C=O) groups excluding carboxylic acids is 1. The van der Waals surface area contributed by atoms with Crippen LogP contribution in [-0.2, 0) is 4.79 Å². The molecule has 0 bridgehead atoms. The fraction of sp³-hybridized carbons (Fsp3) is 0.889. The van der Waals surface area contributed by atoms with Gasteiger partial charge in [-0.2, -0.15) is 0 Å². The van der Waals surface area contributed by atoms with Crippen LogP contribution in [0.4, 0.5) is 0 Å². The van der Waals surface area contributed by atoms with Crippen molar-refractivity contribution in [1.82, 2.24) is 10.6 Å². The van der Waals surface area contributed by atoms with E-state index in [1.807, 2.05) is 0 Å².